The highest BCUT2D eigenvalue weighted by atomic mass is 16.7. The molecular formula is C19H23N3O4. The Labute approximate surface area is 152 Å². The van der Waals surface area contributed by atoms with E-state index in [1.807, 2.05) is 30.3 Å². The van der Waals surface area contributed by atoms with Gasteiger partial charge < -0.3 is 14.2 Å². The first-order chi connectivity index (χ1) is 12.7. The molecule has 7 nitrogen and oxygen atoms in total. The minimum atomic E-state index is -0.559. The first-order valence-electron chi connectivity index (χ1n) is 8.58. The van der Waals surface area contributed by atoms with Crippen molar-refractivity contribution >= 4 is 6.09 Å². The number of nitrogens with zero attached hydrogens (tertiary/aromatic N) is 3. The molecule has 0 N–H and O–H groups in total. The molecule has 0 radical (unpaired) electrons. The number of hydrogen-bond acceptors (Lipinski definition) is 6. The van der Waals surface area contributed by atoms with Gasteiger partial charge in [0.2, 0.25) is 6.29 Å². The summed E-state index contributed by atoms with van der Waals surface area (Å²) in [5.41, 5.74) is 1.59. The van der Waals surface area contributed by atoms with E-state index in [9.17, 15) is 4.79 Å². The van der Waals surface area contributed by atoms with Gasteiger partial charge in [-0.15, -0.1) is 0 Å². The second kappa shape index (κ2) is 8.73. The van der Waals surface area contributed by atoms with Crippen molar-refractivity contribution in [2.24, 2.45) is 0 Å². The van der Waals surface area contributed by atoms with Crippen molar-refractivity contribution in [1.82, 2.24) is 14.9 Å². The Morgan fingerprint density at radius 3 is 2.73 bits per heavy atom. The molecule has 2 aromatic rings. The minimum Gasteiger partial charge on any atom is -0.445 e. The van der Waals surface area contributed by atoms with Crippen molar-refractivity contribution in [2.45, 2.75) is 31.8 Å². The number of aromatic nitrogens is 2. The van der Waals surface area contributed by atoms with E-state index < -0.39 is 6.29 Å². The lowest BCUT2D eigenvalue weighted by molar-refractivity contribution is -0.108. The molecule has 2 heterocycles. The van der Waals surface area contributed by atoms with Crippen LogP contribution in [0.2, 0.25) is 0 Å². The van der Waals surface area contributed by atoms with Crippen LogP contribution in [-0.4, -0.2) is 41.7 Å². The number of carbonyl (C=O) groups excluding carboxylic acids is 1. The highest BCUT2D eigenvalue weighted by Crippen LogP contribution is 2.31. The number of amides is 1. The number of carbonyl (C=O) groups is 1. The molecule has 0 unspecified atom stereocenters. The van der Waals surface area contributed by atoms with E-state index in [2.05, 4.69) is 9.97 Å². The summed E-state index contributed by atoms with van der Waals surface area (Å²) in [7, 11) is 3.11. The van der Waals surface area contributed by atoms with Crippen LogP contribution in [0.15, 0.2) is 42.6 Å². The van der Waals surface area contributed by atoms with Crippen LogP contribution in [-0.2, 0) is 20.8 Å². The topological polar surface area (TPSA) is 73.8 Å². The molecular weight excluding hydrogens is 334 g/mol. The fraction of sp³-hybridized carbons (Fsp3) is 0.421. The van der Waals surface area contributed by atoms with Crippen LogP contribution in [0.3, 0.4) is 0 Å². The van der Waals surface area contributed by atoms with Crippen LogP contribution in [0.1, 0.15) is 42.3 Å². The normalized spacial score (nSPS) is 16.9. The Morgan fingerprint density at radius 2 is 2.00 bits per heavy atom. The Kier molecular flexibility index (Phi) is 6.14. The van der Waals surface area contributed by atoms with Crippen LogP contribution in [0, 0.1) is 0 Å². The standard InChI is InChI=1S/C19H23N3O4/c1-24-18(25-2)15-10-11-20-17(21-15)16-9-6-12-22(16)19(23)26-13-14-7-4-3-5-8-14/h3-5,7-8,10-11,16,18H,6,9,12-13H2,1-2H3/t16-/m1/s1. The Bertz CT molecular complexity index is 722. The molecule has 1 aromatic heterocycles. The molecule has 1 saturated heterocycles. The maximum absolute atomic E-state index is 12.5. The summed E-state index contributed by atoms with van der Waals surface area (Å²) in [4.78, 5) is 23.1. The summed E-state index contributed by atoms with van der Waals surface area (Å²) in [6, 6.07) is 11.2. The summed E-state index contributed by atoms with van der Waals surface area (Å²) in [6.45, 7) is 0.878. The van der Waals surface area contributed by atoms with Gasteiger partial charge in [0.25, 0.3) is 0 Å². The number of likely N-dealkylation sites (tertiary alicyclic amines) is 1. The average molecular weight is 357 g/mol. The maximum atomic E-state index is 12.5. The van der Waals surface area contributed by atoms with Gasteiger partial charge in [-0.05, 0) is 24.5 Å². The minimum absolute atomic E-state index is 0.201. The van der Waals surface area contributed by atoms with Gasteiger partial charge >= 0.3 is 6.09 Å². The van der Waals surface area contributed by atoms with Crippen LogP contribution in [0.4, 0.5) is 4.79 Å². The molecule has 0 spiro atoms. The maximum Gasteiger partial charge on any atom is 0.410 e. The molecule has 3 rings (SSSR count). The molecule has 1 fully saturated rings. The predicted molar refractivity (Wildman–Crippen MR) is 94.1 cm³/mol. The van der Waals surface area contributed by atoms with Gasteiger partial charge in [-0.25, -0.2) is 14.8 Å². The molecule has 0 aliphatic carbocycles. The second-order valence-corrected chi connectivity index (χ2v) is 6.03. The van der Waals surface area contributed by atoms with Gasteiger partial charge in [0.15, 0.2) is 5.82 Å². The fourth-order valence-corrected chi connectivity index (χ4v) is 3.07. The first-order valence-corrected chi connectivity index (χ1v) is 8.58. The third kappa shape index (κ3) is 4.17. The van der Waals surface area contributed by atoms with Crippen molar-refractivity contribution in [1.29, 1.82) is 0 Å². The molecule has 138 valence electrons. The van der Waals surface area contributed by atoms with Gasteiger partial charge in [0.1, 0.15) is 12.3 Å². The zero-order valence-electron chi connectivity index (χ0n) is 15.0. The van der Waals surface area contributed by atoms with Gasteiger partial charge in [-0.2, -0.15) is 0 Å². The van der Waals surface area contributed by atoms with Crippen molar-refractivity contribution in [2.75, 3.05) is 20.8 Å². The van der Waals surface area contributed by atoms with E-state index in [0.717, 1.165) is 18.4 Å². The monoisotopic (exact) mass is 357 g/mol. The van der Waals surface area contributed by atoms with E-state index in [1.54, 1.807) is 31.4 Å². The quantitative estimate of drug-likeness (QED) is 0.739. The number of methoxy groups -OCH3 is 2. The zero-order chi connectivity index (χ0) is 18.4. The number of ether oxygens (including phenoxy) is 3. The molecule has 1 amide bonds. The lowest BCUT2D eigenvalue weighted by Gasteiger charge is -2.23. The smallest absolute Gasteiger partial charge is 0.410 e. The van der Waals surface area contributed by atoms with Crippen molar-refractivity contribution in [3.05, 3.63) is 59.7 Å². The van der Waals surface area contributed by atoms with Crippen LogP contribution < -0.4 is 0 Å². The van der Waals surface area contributed by atoms with Crippen molar-refractivity contribution < 1.29 is 19.0 Å². The SMILES string of the molecule is COC(OC)c1ccnc([C@H]2CCCN2C(=O)OCc2ccccc2)n1. The van der Waals surface area contributed by atoms with Gasteiger partial charge in [0.05, 0.1) is 6.04 Å². The van der Waals surface area contributed by atoms with Crippen molar-refractivity contribution in [3.8, 4) is 0 Å². The third-order valence-electron chi connectivity index (χ3n) is 4.36. The summed E-state index contributed by atoms with van der Waals surface area (Å²) in [5.74, 6) is 0.579. The zero-order valence-corrected chi connectivity index (χ0v) is 15.0. The number of hydrogen-bond donors (Lipinski definition) is 0. The molecule has 0 saturated carbocycles. The largest absolute Gasteiger partial charge is 0.445 e. The lowest BCUT2D eigenvalue weighted by Crippen LogP contribution is -2.32. The van der Waals surface area contributed by atoms with E-state index >= 15 is 0 Å². The lowest BCUT2D eigenvalue weighted by atomic mass is 10.2. The van der Waals surface area contributed by atoms with Crippen LogP contribution in [0.25, 0.3) is 0 Å². The van der Waals surface area contributed by atoms with E-state index in [0.29, 0.717) is 18.1 Å². The van der Waals surface area contributed by atoms with Crippen molar-refractivity contribution in [3.63, 3.8) is 0 Å². The Hall–Kier alpha value is -2.51. The highest BCUT2D eigenvalue weighted by molar-refractivity contribution is 5.68. The van der Waals surface area contributed by atoms with Crippen LogP contribution in [0.5, 0.6) is 0 Å². The number of benzene rings is 1. The molecule has 1 atom stereocenters. The van der Waals surface area contributed by atoms with Gasteiger partial charge in [0, 0.05) is 27.0 Å². The summed E-state index contributed by atoms with van der Waals surface area (Å²) in [5, 5.41) is 0. The second-order valence-electron chi connectivity index (χ2n) is 6.03. The highest BCUT2D eigenvalue weighted by Gasteiger charge is 2.33. The molecule has 1 aromatic carbocycles. The van der Waals surface area contributed by atoms with E-state index in [1.165, 1.54) is 0 Å². The molecule has 7 heteroatoms. The summed E-state index contributed by atoms with van der Waals surface area (Å²) in [6.07, 6.45) is 2.44. The Morgan fingerprint density at radius 1 is 1.23 bits per heavy atom. The van der Waals surface area contributed by atoms with Crippen LogP contribution >= 0.6 is 0 Å². The third-order valence-corrected chi connectivity index (χ3v) is 4.36. The van der Waals surface area contributed by atoms with E-state index in [-0.39, 0.29) is 18.7 Å². The molecule has 1 aliphatic rings. The Balaban J connectivity index is 1.69. The molecule has 0 bridgehead atoms. The molecule has 1 aliphatic heterocycles. The van der Waals surface area contributed by atoms with Gasteiger partial charge in [-0.3, -0.25) is 4.90 Å². The first kappa shape index (κ1) is 18.3. The number of rotatable bonds is 6. The summed E-state index contributed by atoms with van der Waals surface area (Å²) >= 11 is 0. The fourth-order valence-electron chi connectivity index (χ4n) is 3.07. The average Bonchev–Trinajstić information content (AvgIpc) is 3.18. The predicted octanol–water partition coefficient (Wildman–Crippen LogP) is 3.24. The van der Waals surface area contributed by atoms with E-state index in [4.69, 9.17) is 14.2 Å². The van der Waals surface area contributed by atoms with Gasteiger partial charge in [-0.1, -0.05) is 30.3 Å². The molecule has 26 heavy (non-hydrogen) atoms. The summed E-state index contributed by atoms with van der Waals surface area (Å²) < 4.78 is 16.0.